The molecule has 1 unspecified atom stereocenters. The van der Waals surface area contributed by atoms with E-state index >= 15 is 0 Å². The molecule has 1 heterocycles. The van der Waals surface area contributed by atoms with E-state index in [0.717, 1.165) is 5.56 Å². The summed E-state index contributed by atoms with van der Waals surface area (Å²) in [5.41, 5.74) is 3.29. The van der Waals surface area contributed by atoms with Crippen molar-refractivity contribution in [3.8, 4) is 0 Å². The van der Waals surface area contributed by atoms with Crippen LogP contribution >= 0.6 is 11.6 Å². The second-order valence-corrected chi connectivity index (χ2v) is 6.96. The van der Waals surface area contributed by atoms with Crippen molar-refractivity contribution in [3.05, 3.63) is 98.6 Å². The summed E-state index contributed by atoms with van der Waals surface area (Å²) in [6.45, 7) is 1.88. The van der Waals surface area contributed by atoms with Crippen LogP contribution in [0.1, 0.15) is 27.7 Å². The van der Waals surface area contributed by atoms with Gasteiger partial charge in [-0.25, -0.2) is 0 Å². The molecular formula is C21H16ClN3O3. The van der Waals surface area contributed by atoms with Crippen LogP contribution in [0.2, 0.25) is 5.02 Å². The molecule has 0 fully saturated rings. The summed E-state index contributed by atoms with van der Waals surface area (Å²) in [5.74, 6) is -0.203. The first-order valence-corrected chi connectivity index (χ1v) is 9.03. The van der Waals surface area contributed by atoms with Gasteiger partial charge in [0.2, 0.25) is 0 Å². The summed E-state index contributed by atoms with van der Waals surface area (Å²) in [7, 11) is 0. The van der Waals surface area contributed by atoms with E-state index in [0.29, 0.717) is 27.5 Å². The number of non-ortho nitro benzene ring substituents is 1. The first-order chi connectivity index (χ1) is 13.5. The van der Waals surface area contributed by atoms with Gasteiger partial charge >= 0.3 is 0 Å². The van der Waals surface area contributed by atoms with Crippen LogP contribution in [-0.4, -0.2) is 10.8 Å². The number of rotatable bonds is 3. The lowest BCUT2D eigenvalue weighted by atomic mass is 10.0. The third-order valence-electron chi connectivity index (χ3n) is 4.76. The summed E-state index contributed by atoms with van der Waals surface area (Å²) in [6.07, 6.45) is -0.610. The molecule has 0 spiro atoms. The van der Waals surface area contributed by atoms with E-state index in [1.807, 2.05) is 31.2 Å². The Morgan fingerprint density at radius 2 is 1.86 bits per heavy atom. The monoisotopic (exact) mass is 393 g/mol. The first-order valence-electron chi connectivity index (χ1n) is 8.65. The number of benzene rings is 3. The van der Waals surface area contributed by atoms with Gasteiger partial charge in [0.05, 0.1) is 10.5 Å². The molecule has 0 aliphatic carbocycles. The van der Waals surface area contributed by atoms with E-state index in [1.165, 1.54) is 12.1 Å². The maximum atomic E-state index is 13.3. The van der Waals surface area contributed by atoms with Crippen LogP contribution in [0, 0.1) is 17.0 Å². The highest BCUT2D eigenvalue weighted by molar-refractivity contribution is 6.31. The van der Waals surface area contributed by atoms with Crippen molar-refractivity contribution in [2.24, 2.45) is 0 Å². The van der Waals surface area contributed by atoms with E-state index in [2.05, 4.69) is 5.32 Å². The summed E-state index contributed by atoms with van der Waals surface area (Å²) in [6, 6.07) is 18.9. The van der Waals surface area contributed by atoms with Gasteiger partial charge in [0.15, 0.2) is 0 Å². The Hall–Kier alpha value is -3.38. The Labute approximate surface area is 166 Å². The van der Waals surface area contributed by atoms with E-state index in [4.69, 9.17) is 11.6 Å². The number of nitro groups is 1. The number of anilines is 2. The van der Waals surface area contributed by atoms with Crippen LogP contribution in [0.15, 0.2) is 66.7 Å². The molecule has 0 radical (unpaired) electrons. The number of hydrogen-bond acceptors (Lipinski definition) is 4. The molecule has 6 nitrogen and oxygen atoms in total. The second-order valence-electron chi connectivity index (χ2n) is 6.55. The zero-order valence-corrected chi connectivity index (χ0v) is 15.7. The Morgan fingerprint density at radius 3 is 2.61 bits per heavy atom. The average Bonchev–Trinajstić information content (AvgIpc) is 2.70. The normalized spacial score (nSPS) is 15.7. The molecule has 1 atom stereocenters. The summed E-state index contributed by atoms with van der Waals surface area (Å²) in [4.78, 5) is 25.7. The predicted octanol–water partition coefficient (Wildman–Crippen LogP) is 5.33. The molecule has 3 aromatic carbocycles. The SMILES string of the molecule is Cc1ccc(N2C(=O)c3ccccc3NC2c2cccc([N+](=O)[O-])c2)cc1Cl. The van der Waals surface area contributed by atoms with Gasteiger partial charge < -0.3 is 5.32 Å². The minimum Gasteiger partial charge on any atom is -0.360 e. The van der Waals surface area contributed by atoms with Crippen LogP contribution in [-0.2, 0) is 0 Å². The predicted molar refractivity (Wildman–Crippen MR) is 109 cm³/mol. The van der Waals surface area contributed by atoms with Gasteiger partial charge in [-0.2, -0.15) is 0 Å². The van der Waals surface area contributed by atoms with Gasteiger partial charge in [0, 0.05) is 34.1 Å². The largest absolute Gasteiger partial charge is 0.360 e. The molecule has 1 N–H and O–H groups in total. The number of aryl methyl sites for hydroxylation is 1. The topological polar surface area (TPSA) is 75.5 Å². The van der Waals surface area contributed by atoms with Crippen molar-refractivity contribution in [3.63, 3.8) is 0 Å². The Bertz CT molecular complexity index is 1100. The molecule has 28 heavy (non-hydrogen) atoms. The molecule has 1 amide bonds. The highest BCUT2D eigenvalue weighted by atomic mass is 35.5. The molecule has 140 valence electrons. The van der Waals surface area contributed by atoms with Gasteiger partial charge in [-0.1, -0.05) is 41.9 Å². The summed E-state index contributed by atoms with van der Waals surface area (Å²) >= 11 is 6.29. The Morgan fingerprint density at radius 1 is 1.07 bits per heavy atom. The van der Waals surface area contributed by atoms with Crippen LogP contribution in [0.3, 0.4) is 0 Å². The van der Waals surface area contributed by atoms with Gasteiger partial charge in [-0.05, 0) is 36.8 Å². The van der Waals surface area contributed by atoms with E-state index in [1.54, 1.807) is 35.2 Å². The fourth-order valence-electron chi connectivity index (χ4n) is 3.29. The van der Waals surface area contributed by atoms with Crippen LogP contribution in [0.5, 0.6) is 0 Å². The Kier molecular flexibility index (Phi) is 4.49. The van der Waals surface area contributed by atoms with Crippen molar-refractivity contribution in [2.45, 2.75) is 13.1 Å². The number of para-hydroxylation sites is 1. The van der Waals surface area contributed by atoms with Gasteiger partial charge in [-0.15, -0.1) is 0 Å². The van der Waals surface area contributed by atoms with E-state index in [-0.39, 0.29) is 11.6 Å². The van der Waals surface area contributed by atoms with Crippen LogP contribution in [0.4, 0.5) is 17.1 Å². The van der Waals surface area contributed by atoms with Crippen molar-refractivity contribution in [1.29, 1.82) is 0 Å². The zero-order chi connectivity index (χ0) is 19.8. The number of hydrogen-bond donors (Lipinski definition) is 1. The molecule has 7 heteroatoms. The molecule has 0 saturated heterocycles. The number of nitrogens with zero attached hydrogens (tertiary/aromatic N) is 2. The fourth-order valence-corrected chi connectivity index (χ4v) is 3.47. The standard InChI is InChI=1S/C21H16ClN3O3/c1-13-9-10-15(12-18(13)22)24-20(14-5-4-6-16(11-14)25(27)28)23-19-8-3-2-7-17(19)21(24)26/h2-12,20,23H,1H3. The minimum absolute atomic E-state index is 0.0347. The summed E-state index contributed by atoms with van der Waals surface area (Å²) < 4.78 is 0. The Balaban J connectivity index is 1.88. The molecule has 0 aromatic heterocycles. The molecular weight excluding hydrogens is 378 g/mol. The van der Waals surface area contributed by atoms with E-state index in [9.17, 15) is 14.9 Å². The average molecular weight is 394 g/mol. The maximum absolute atomic E-state index is 13.3. The number of fused-ring (bicyclic) bond motifs is 1. The molecule has 4 rings (SSSR count). The zero-order valence-electron chi connectivity index (χ0n) is 14.9. The van der Waals surface area contributed by atoms with Crippen LogP contribution in [0.25, 0.3) is 0 Å². The highest BCUT2D eigenvalue weighted by Gasteiger charge is 2.34. The smallest absolute Gasteiger partial charge is 0.269 e. The van der Waals surface area contributed by atoms with Crippen molar-refractivity contribution in [2.75, 3.05) is 10.2 Å². The van der Waals surface area contributed by atoms with Gasteiger partial charge in [-0.3, -0.25) is 19.8 Å². The maximum Gasteiger partial charge on any atom is 0.269 e. The number of nitrogens with one attached hydrogen (secondary N) is 1. The van der Waals surface area contributed by atoms with Gasteiger partial charge in [0.1, 0.15) is 6.17 Å². The molecule has 3 aromatic rings. The quantitative estimate of drug-likeness (QED) is 0.482. The van der Waals surface area contributed by atoms with Crippen LogP contribution < -0.4 is 10.2 Å². The van der Waals surface area contributed by atoms with Crippen molar-refractivity contribution in [1.82, 2.24) is 0 Å². The van der Waals surface area contributed by atoms with Crippen molar-refractivity contribution < 1.29 is 9.72 Å². The number of carbonyl (C=O) groups excluding carboxylic acids is 1. The minimum atomic E-state index is -0.610. The van der Waals surface area contributed by atoms with E-state index < -0.39 is 11.1 Å². The van der Waals surface area contributed by atoms with Gasteiger partial charge in [0.25, 0.3) is 11.6 Å². The summed E-state index contributed by atoms with van der Waals surface area (Å²) in [5, 5.41) is 15.1. The lowest BCUT2D eigenvalue weighted by Gasteiger charge is -2.38. The number of amides is 1. The van der Waals surface area contributed by atoms with Crippen molar-refractivity contribution >= 4 is 34.6 Å². The fraction of sp³-hybridized carbons (Fsp3) is 0.0952. The number of halogens is 1. The number of nitro benzene ring substituents is 1. The lowest BCUT2D eigenvalue weighted by molar-refractivity contribution is -0.384. The molecule has 1 aliphatic rings. The highest BCUT2D eigenvalue weighted by Crippen LogP contribution is 2.38. The molecule has 0 saturated carbocycles. The molecule has 1 aliphatic heterocycles. The lowest BCUT2D eigenvalue weighted by Crippen LogP contribution is -2.43. The third kappa shape index (κ3) is 3.08. The second kappa shape index (κ2) is 6.98. The first kappa shape index (κ1) is 18.0. The number of carbonyl (C=O) groups is 1. The third-order valence-corrected chi connectivity index (χ3v) is 5.16. The molecule has 0 bridgehead atoms.